The van der Waals surface area contributed by atoms with E-state index in [1.54, 1.807) is 5.46 Å². The van der Waals surface area contributed by atoms with Crippen molar-refractivity contribution in [2.75, 3.05) is 0 Å². The van der Waals surface area contributed by atoms with Crippen molar-refractivity contribution in [1.82, 2.24) is 4.48 Å². The number of rotatable bonds is 2. The molecule has 4 heteroatoms. The van der Waals surface area contributed by atoms with Crippen LogP contribution in [0.3, 0.4) is 0 Å². The minimum atomic E-state index is -0.674. The number of nitrogens with zero attached hydrogens (tertiary/aromatic N) is 1. The van der Waals surface area contributed by atoms with Crippen molar-refractivity contribution in [3.05, 3.63) is 17.0 Å². The van der Waals surface area contributed by atoms with E-state index in [0.29, 0.717) is 0 Å². The first kappa shape index (κ1) is 10.5. The maximum Gasteiger partial charge on any atom is 0.136 e. The highest BCUT2D eigenvalue weighted by atomic mass is 15.0. The molecule has 0 saturated heterocycles. The summed E-state index contributed by atoms with van der Waals surface area (Å²) in [6.45, 7) is 10.4. The number of aromatic nitrogens is 1. The van der Waals surface area contributed by atoms with Gasteiger partial charge in [0.25, 0.3) is 0 Å². The van der Waals surface area contributed by atoms with Gasteiger partial charge in [-0.25, -0.2) is 0 Å². The highest BCUT2D eigenvalue weighted by Crippen LogP contribution is 2.10. The fourth-order valence-electron chi connectivity index (χ4n) is 2.68. The average molecular weight is 178 g/mol. The van der Waals surface area contributed by atoms with Crippen LogP contribution in [0.25, 0.3) is 0 Å². The van der Waals surface area contributed by atoms with Crippen molar-refractivity contribution in [3.8, 4) is 0 Å². The third kappa shape index (κ3) is 1.55. The predicted octanol–water partition coefficient (Wildman–Crippen LogP) is -0.0873. The van der Waals surface area contributed by atoms with Gasteiger partial charge in [0.2, 0.25) is 0 Å². The number of nitrogens with two attached hydrogens (primary N) is 1. The molecule has 1 rings (SSSR count). The van der Waals surface area contributed by atoms with Crippen molar-refractivity contribution < 1.29 is 0 Å². The molecule has 0 aliphatic carbocycles. The standard InChI is InChI=1S/C9H20B2N2/c1-6-7(2)13(11(5)12)8(3)9(6)10-4/h11H,10,12H2,1-5H3/q-2. The molecule has 74 valence electrons. The van der Waals surface area contributed by atoms with Gasteiger partial charge in [0.15, 0.2) is 0 Å². The van der Waals surface area contributed by atoms with Crippen LogP contribution in [0.5, 0.6) is 0 Å². The molecule has 1 unspecified atom stereocenters. The first-order valence-electron chi connectivity index (χ1n) is 5.63. The summed E-state index contributed by atoms with van der Waals surface area (Å²) >= 11 is 0. The Morgan fingerprint density at radius 2 is 1.77 bits per heavy atom. The van der Waals surface area contributed by atoms with E-state index >= 15 is 0 Å². The Labute approximate surface area is 81.9 Å². The van der Waals surface area contributed by atoms with E-state index in [0.717, 1.165) is 0 Å². The normalized spacial score (nSPS) is 13.4. The van der Waals surface area contributed by atoms with Crippen LogP contribution in [0.4, 0.5) is 0 Å². The molecule has 0 spiro atoms. The van der Waals surface area contributed by atoms with Gasteiger partial charge in [0.1, 0.15) is 6.98 Å². The van der Waals surface area contributed by atoms with Crippen LogP contribution in [-0.4, -0.2) is 18.7 Å². The van der Waals surface area contributed by atoms with E-state index in [9.17, 15) is 0 Å². The molecule has 0 aliphatic rings. The molecular formula is C9H20B2N2-2. The van der Waals surface area contributed by atoms with E-state index < -0.39 is 6.98 Å². The van der Waals surface area contributed by atoms with Gasteiger partial charge in [0.05, 0.1) is 0 Å². The highest BCUT2D eigenvalue weighted by Gasteiger charge is 2.06. The minimum Gasteiger partial charge on any atom is -0.516 e. The van der Waals surface area contributed by atoms with Gasteiger partial charge in [-0.15, -0.1) is 0 Å². The Morgan fingerprint density at radius 1 is 1.23 bits per heavy atom. The summed E-state index contributed by atoms with van der Waals surface area (Å²) in [6, 6.07) is 0. The van der Waals surface area contributed by atoms with Crippen LogP contribution in [0, 0.1) is 20.8 Å². The first-order valence-corrected chi connectivity index (χ1v) is 5.63. The lowest BCUT2D eigenvalue weighted by molar-refractivity contribution is 1.04. The van der Waals surface area contributed by atoms with Crippen LogP contribution in [-0.2, 0) is 0 Å². The number of hydrogen-bond donors (Lipinski definition) is 1. The third-order valence-electron chi connectivity index (χ3n) is 3.46. The molecule has 0 aliphatic heterocycles. The lowest BCUT2D eigenvalue weighted by Gasteiger charge is -2.22. The van der Waals surface area contributed by atoms with Gasteiger partial charge < -0.3 is 10.1 Å². The second-order valence-electron chi connectivity index (χ2n) is 4.26. The molecule has 0 bridgehead atoms. The van der Waals surface area contributed by atoms with Crippen molar-refractivity contribution in [2.45, 2.75) is 34.4 Å². The SMILES string of the molecule is C[BH2-]c1c(C)c(C)n([BH-](C)N)c1C. The summed E-state index contributed by atoms with van der Waals surface area (Å²) in [5.41, 5.74) is 11.9. The second-order valence-corrected chi connectivity index (χ2v) is 4.26. The van der Waals surface area contributed by atoms with Crippen molar-refractivity contribution >= 4 is 19.7 Å². The van der Waals surface area contributed by atoms with Gasteiger partial charge >= 0.3 is 0 Å². The maximum atomic E-state index is 6.01. The Hall–Kier alpha value is -0.630. The van der Waals surface area contributed by atoms with Crippen molar-refractivity contribution in [3.63, 3.8) is 0 Å². The van der Waals surface area contributed by atoms with Crippen molar-refractivity contribution in [1.29, 1.82) is 0 Å². The Bertz CT molecular complexity index is 316. The van der Waals surface area contributed by atoms with Gasteiger partial charge in [0, 0.05) is 0 Å². The molecule has 2 N–H and O–H groups in total. The van der Waals surface area contributed by atoms with Crippen molar-refractivity contribution in [2.24, 2.45) is 5.64 Å². The van der Waals surface area contributed by atoms with E-state index in [-0.39, 0.29) is 7.28 Å². The lowest BCUT2D eigenvalue weighted by atomic mass is 9.71. The third-order valence-corrected chi connectivity index (χ3v) is 3.46. The molecular weight excluding hydrogens is 158 g/mol. The summed E-state index contributed by atoms with van der Waals surface area (Å²) in [6.07, 6.45) is 0. The summed E-state index contributed by atoms with van der Waals surface area (Å²) in [5.74, 6) is 0. The molecule has 0 radical (unpaired) electrons. The molecule has 0 saturated carbocycles. The molecule has 1 aromatic rings. The van der Waals surface area contributed by atoms with E-state index in [1.165, 1.54) is 17.0 Å². The monoisotopic (exact) mass is 178 g/mol. The van der Waals surface area contributed by atoms with Gasteiger partial charge in [-0.1, -0.05) is 11.3 Å². The minimum absolute atomic E-state index is 0.0549. The predicted molar refractivity (Wildman–Crippen MR) is 65.3 cm³/mol. The van der Waals surface area contributed by atoms with Gasteiger partial charge in [-0.3, -0.25) is 0 Å². The summed E-state index contributed by atoms with van der Waals surface area (Å²) < 4.78 is 2.33. The fourth-order valence-corrected chi connectivity index (χ4v) is 2.68. The molecule has 0 aromatic carbocycles. The van der Waals surface area contributed by atoms with Crippen LogP contribution < -0.4 is 11.1 Å². The zero-order chi connectivity index (χ0) is 10.2. The van der Waals surface area contributed by atoms with Crippen LogP contribution in [0.1, 0.15) is 17.0 Å². The molecule has 1 atom stereocenters. The zero-order valence-electron chi connectivity index (χ0n) is 9.73. The molecule has 0 amide bonds. The van der Waals surface area contributed by atoms with E-state index in [1.807, 2.05) is 0 Å². The Kier molecular flexibility index (Phi) is 2.91. The largest absolute Gasteiger partial charge is 0.516 e. The Balaban J connectivity index is 3.36. The van der Waals surface area contributed by atoms with Crippen LogP contribution in [0.15, 0.2) is 0 Å². The second kappa shape index (κ2) is 3.62. The van der Waals surface area contributed by atoms with E-state index in [2.05, 4.69) is 38.9 Å². The molecule has 2 nitrogen and oxygen atoms in total. The fraction of sp³-hybridized carbons (Fsp3) is 0.556. The zero-order valence-corrected chi connectivity index (χ0v) is 9.73. The lowest BCUT2D eigenvalue weighted by Crippen LogP contribution is -2.34. The topological polar surface area (TPSA) is 30.9 Å². The quantitative estimate of drug-likeness (QED) is 0.630. The highest BCUT2D eigenvalue weighted by molar-refractivity contribution is 6.56. The molecule has 13 heavy (non-hydrogen) atoms. The first-order chi connectivity index (χ1) is 6.00. The van der Waals surface area contributed by atoms with Gasteiger partial charge in [-0.05, 0) is 33.7 Å². The van der Waals surface area contributed by atoms with E-state index in [4.69, 9.17) is 5.64 Å². The Morgan fingerprint density at radius 3 is 2.00 bits per heavy atom. The molecule has 1 heterocycles. The summed E-state index contributed by atoms with van der Waals surface area (Å²) in [7, 11) is 0.0549. The van der Waals surface area contributed by atoms with Crippen LogP contribution >= 0.6 is 0 Å². The summed E-state index contributed by atoms with van der Waals surface area (Å²) in [5, 5.41) is 0. The average Bonchev–Trinajstić information content (AvgIpc) is 2.24. The maximum absolute atomic E-state index is 6.01. The van der Waals surface area contributed by atoms with Crippen LogP contribution in [0.2, 0.25) is 13.6 Å². The summed E-state index contributed by atoms with van der Waals surface area (Å²) in [4.78, 5) is 0. The number of hydrogen-bond acceptors (Lipinski definition) is 1. The van der Waals surface area contributed by atoms with Gasteiger partial charge in [-0.2, -0.15) is 19.1 Å². The molecule has 1 aromatic heterocycles. The smallest absolute Gasteiger partial charge is 0.136 e. The molecule has 0 fully saturated rings.